The Morgan fingerprint density at radius 3 is 2.88 bits per heavy atom. The number of hydrogen-bond acceptors (Lipinski definition) is 2. The van der Waals surface area contributed by atoms with E-state index in [1.807, 2.05) is 19.1 Å². The maximum Gasteiger partial charge on any atom is 0.241 e. The second-order valence-corrected chi connectivity index (χ2v) is 4.56. The molecule has 0 aromatic heterocycles. The van der Waals surface area contributed by atoms with Gasteiger partial charge in [0.05, 0.1) is 21.7 Å². The summed E-state index contributed by atoms with van der Waals surface area (Å²) in [6.45, 7) is 2.91. The lowest BCUT2D eigenvalue weighted by Gasteiger charge is -2.16. The number of halogens is 2. The number of hydrogen-bond donors (Lipinski definition) is 1. The Balaban J connectivity index is 2.61. The van der Waals surface area contributed by atoms with Gasteiger partial charge in [0.25, 0.3) is 0 Å². The number of carbonyl (C=O) groups excluding carboxylic acids is 1. The first-order valence-corrected chi connectivity index (χ1v) is 6.15. The predicted molar refractivity (Wildman–Crippen MR) is 71.0 cm³/mol. The highest BCUT2D eigenvalue weighted by atomic mass is 79.9. The molecule has 88 valence electrons. The molecule has 0 bridgehead atoms. The van der Waals surface area contributed by atoms with Crippen molar-refractivity contribution in [2.45, 2.75) is 6.92 Å². The molecule has 0 heterocycles. The molecule has 3 nitrogen and oxygen atoms in total. The standard InChI is InChI=1S/C11H14BrClN2O/c1-3-15(2)10(16)7-14-9-6-4-5-8(13)11(9)12/h4-6,14H,3,7H2,1-2H3. The fraction of sp³-hybridized carbons (Fsp3) is 0.364. The minimum atomic E-state index is 0.0503. The van der Waals surface area contributed by atoms with Gasteiger partial charge in [-0.2, -0.15) is 0 Å². The molecule has 0 aliphatic rings. The number of rotatable bonds is 4. The van der Waals surface area contributed by atoms with Gasteiger partial charge < -0.3 is 10.2 Å². The van der Waals surface area contributed by atoms with Crippen molar-refractivity contribution in [3.05, 3.63) is 27.7 Å². The van der Waals surface area contributed by atoms with Gasteiger partial charge in [0.2, 0.25) is 5.91 Å². The van der Waals surface area contributed by atoms with Crippen molar-refractivity contribution in [3.8, 4) is 0 Å². The first kappa shape index (κ1) is 13.3. The average Bonchev–Trinajstić information content (AvgIpc) is 2.29. The van der Waals surface area contributed by atoms with Crippen molar-refractivity contribution in [2.24, 2.45) is 0 Å². The molecule has 0 atom stereocenters. The van der Waals surface area contributed by atoms with Gasteiger partial charge >= 0.3 is 0 Å². The fourth-order valence-electron chi connectivity index (χ4n) is 1.12. The molecule has 1 rings (SSSR count). The third-order valence-electron chi connectivity index (χ3n) is 2.28. The van der Waals surface area contributed by atoms with E-state index in [-0.39, 0.29) is 12.5 Å². The number of anilines is 1. The molecule has 1 amide bonds. The van der Waals surface area contributed by atoms with Gasteiger partial charge in [0.15, 0.2) is 0 Å². The van der Waals surface area contributed by atoms with Crippen molar-refractivity contribution in [2.75, 3.05) is 25.5 Å². The first-order valence-electron chi connectivity index (χ1n) is 4.98. The molecule has 0 unspecified atom stereocenters. The quantitative estimate of drug-likeness (QED) is 0.927. The largest absolute Gasteiger partial charge is 0.375 e. The highest BCUT2D eigenvalue weighted by Crippen LogP contribution is 2.29. The van der Waals surface area contributed by atoms with Crippen LogP contribution in [0.1, 0.15) is 6.92 Å². The van der Waals surface area contributed by atoms with Gasteiger partial charge in [-0.3, -0.25) is 4.79 Å². The molecular formula is C11H14BrClN2O. The van der Waals surface area contributed by atoms with Gasteiger partial charge in [-0.15, -0.1) is 0 Å². The van der Waals surface area contributed by atoms with Crippen LogP contribution < -0.4 is 5.32 Å². The lowest BCUT2D eigenvalue weighted by atomic mass is 10.3. The van der Waals surface area contributed by atoms with Crippen molar-refractivity contribution >= 4 is 39.1 Å². The summed E-state index contributed by atoms with van der Waals surface area (Å²) in [5.41, 5.74) is 0.824. The van der Waals surface area contributed by atoms with Crippen LogP contribution in [-0.4, -0.2) is 30.9 Å². The number of nitrogens with zero attached hydrogens (tertiary/aromatic N) is 1. The molecule has 0 aliphatic carbocycles. The van der Waals surface area contributed by atoms with Crippen LogP contribution in [0.5, 0.6) is 0 Å². The molecule has 0 radical (unpaired) electrons. The van der Waals surface area contributed by atoms with Crippen LogP contribution in [0.25, 0.3) is 0 Å². The molecule has 5 heteroatoms. The molecule has 1 N–H and O–H groups in total. The molecule has 0 aliphatic heterocycles. The van der Waals surface area contributed by atoms with Crippen LogP contribution in [0.2, 0.25) is 5.02 Å². The number of amides is 1. The monoisotopic (exact) mass is 304 g/mol. The average molecular weight is 306 g/mol. The summed E-state index contributed by atoms with van der Waals surface area (Å²) in [6, 6.07) is 5.50. The minimum Gasteiger partial charge on any atom is -0.375 e. The van der Waals surface area contributed by atoms with Crippen molar-refractivity contribution in [1.29, 1.82) is 0 Å². The Kier molecular flexibility index (Phi) is 5.09. The highest BCUT2D eigenvalue weighted by molar-refractivity contribution is 9.10. The Morgan fingerprint density at radius 1 is 1.56 bits per heavy atom. The number of benzene rings is 1. The predicted octanol–water partition coefficient (Wildman–Crippen LogP) is 2.99. The normalized spacial score (nSPS) is 10.0. The Labute approximate surface area is 109 Å². The van der Waals surface area contributed by atoms with E-state index in [9.17, 15) is 4.79 Å². The lowest BCUT2D eigenvalue weighted by molar-refractivity contribution is -0.127. The molecule has 0 saturated heterocycles. The van der Waals surface area contributed by atoms with E-state index >= 15 is 0 Å². The zero-order valence-corrected chi connectivity index (χ0v) is 11.6. The fourth-order valence-corrected chi connectivity index (χ4v) is 1.70. The van der Waals surface area contributed by atoms with E-state index in [2.05, 4.69) is 21.2 Å². The van der Waals surface area contributed by atoms with Gasteiger partial charge in [-0.1, -0.05) is 17.7 Å². The van der Waals surface area contributed by atoms with E-state index in [1.165, 1.54) is 0 Å². The highest BCUT2D eigenvalue weighted by Gasteiger charge is 2.08. The van der Waals surface area contributed by atoms with Crippen molar-refractivity contribution in [3.63, 3.8) is 0 Å². The second-order valence-electron chi connectivity index (χ2n) is 3.36. The maximum absolute atomic E-state index is 11.6. The SMILES string of the molecule is CCN(C)C(=O)CNc1cccc(Cl)c1Br. The van der Waals surface area contributed by atoms with E-state index in [1.54, 1.807) is 18.0 Å². The minimum absolute atomic E-state index is 0.0503. The van der Waals surface area contributed by atoms with Crippen LogP contribution in [0, 0.1) is 0 Å². The summed E-state index contributed by atoms with van der Waals surface area (Å²) < 4.78 is 0.781. The van der Waals surface area contributed by atoms with Crippen LogP contribution in [-0.2, 0) is 4.79 Å². The summed E-state index contributed by atoms with van der Waals surface area (Å²) >= 11 is 9.30. The van der Waals surface area contributed by atoms with Crippen LogP contribution in [0.15, 0.2) is 22.7 Å². The lowest BCUT2D eigenvalue weighted by Crippen LogP contribution is -2.31. The van der Waals surface area contributed by atoms with E-state index in [0.29, 0.717) is 11.6 Å². The third-order valence-corrected chi connectivity index (χ3v) is 3.68. The number of likely N-dealkylation sites (N-methyl/N-ethyl adjacent to an activating group) is 1. The molecule has 0 saturated carbocycles. The van der Waals surface area contributed by atoms with E-state index < -0.39 is 0 Å². The Bertz CT molecular complexity index is 384. The molecule has 0 fully saturated rings. The van der Waals surface area contributed by atoms with Gasteiger partial charge in [0, 0.05) is 13.6 Å². The zero-order chi connectivity index (χ0) is 12.1. The number of nitrogens with one attached hydrogen (secondary N) is 1. The van der Waals surface area contributed by atoms with E-state index in [0.717, 1.165) is 10.2 Å². The van der Waals surface area contributed by atoms with Crippen LogP contribution >= 0.6 is 27.5 Å². The van der Waals surface area contributed by atoms with E-state index in [4.69, 9.17) is 11.6 Å². The van der Waals surface area contributed by atoms with Crippen LogP contribution in [0.3, 0.4) is 0 Å². The summed E-state index contributed by atoms with van der Waals surface area (Å²) in [6.07, 6.45) is 0. The topological polar surface area (TPSA) is 32.3 Å². The Hall–Kier alpha value is -0.740. The summed E-state index contributed by atoms with van der Waals surface area (Å²) in [4.78, 5) is 13.2. The molecule has 16 heavy (non-hydrogen) atoms. The molecule has 0 spiro atoms. The summed E-state index contributed by atoms with van der Waals surface area (Å²) in [7, 11) is 1.77. The van der Waals surface area contributed by atoms with Crippen molar-refractivity contribution < 1.29 is 4.79 Å². The smallest absolute Gasteiger partial charge is 0.241 e. The molecule has 1 aromatic carbocycles. The second kappa shape index (κ2) is 6.11. The Morgan fingerprint density at radius 2 is 2.25 bits per heavy atom. The van der Waals surface area contributed by atoms with Gasteiger partial charge in [-0.05, 0) is 35.0 Å². The van der Waals surface area contributed by atoms with Crippen molar-refractivity contribution in [1.82, 2.24) is 4.90 Å². The molecular weight excluding hydrogens is 291 g/mol. The number of carbonyl (C=O) groups is 1. The molecule has 1 aromatic rings. The first-order chi connectivity index (χ1) is 7.56. The summed E-state index contributed by atoms with van der Waals surface area (Å²) in [5, 5.41) is 3.67. The third kappa shape index (κ3) is 3.39. The maximum atomic E-state index is 11.6. The van der Waals surface area contributed by atoms with Crippen LogP contribution in [0.4, 0.5) is 5.69 Å². The summed E-state index contributed by atoms with van der Waals surface area (Å²) in [5.74, 6) is 0.0503. The van der Waals surface area contributed by atoms with Gasteiger partial charge in [0.1, 0.15) is 0 Å². The van der Waals surface area contributed by atoms with Gasteiger partial charge in [-0.25, -0.2) is 0 Å². The zero-order valence-electron chi connectivity index (χ0n) is 9.26.